The Morgan fingerprint density at radius 3 is 1.65 bits per heavy atom. The van der Waals surface area contributed by atoms with Gasteiger partial charge >= 0.3 is 0 Å². The average Bonchev–Trinajstić information content (AvgIpc) is 2.60. The van der Waals surface area contributed by atoms with Crippen LogP contribution in [0.1, 0.15) is 37.3 Å². The fraction of sp³-hybridized carbons (Fsp3) is 0.227. The first-order valence-corrected chi connectivity index (χ1v) is 8.32. The van der Waals surface area contributed by atoms with E-state index in [4.69, 9.17) is 0 Å². The highest BCUT2D eigenvalue weighted by molar-refractivity contribution is 6.14. The average molecular weight is 302 g/mol. The Hall–Kier alpha value is -2.41. The minimum atomic E-state index is 0.211. The summed E-state index contributed by atoms with van der Waals surface area (Å²) < 4.78 is 0. The molecule has 1 nitrogen and oxygen atoms in total. The molecule has 0 N–H and O–H groups in total. The van der Waals surface area contributed by atoms with Gasteiger partial charge < -0.3 is 0 Å². The van der Waals surface area contributed by atoms with Crippen molar-refractivity contribution in [3.05, 3.63) is 82.9 Å². The summed E-state index contributed by atoms with van der Waals surface area (Å²) in [5, 5.41) is 0. The normalized spacial score (nSPS) is 21.8. The molecule has 2 aromatic carbocycles. The van der Waals surface area contributed by atoms with E-state index in [2.05, 4.69) is 43.3 Å². The minimum Gasteiger partial charge on any atom is -0.289 e. The maximum absolute atomic E-state index is 12.9. The van der Waals surface area contributed by atoms with Crippen LogP contribution in [0, 0.1) is 5.92 Å². The number of Topliss-reactive ketones (excluding diaryl/α,β-unsaturated/α-hetero) is 1. The van der Waals surface area contributed by atoms with Crippen LogP contribution in [-0.2, 0) is 4.79 Å². The Bertz CT molecular complexity index is 662. The number of allylic oxidation sites excluding steroid dienone is 2. The molecular weight excluding hydrogens is 280 g/mol. The third kappa shape index (κ3) is 3.87. The van der Waals surface area contributed by atoms with Gasteiger partial charge in [-0.3, -0.25) is 4.79 Å². The monoisotopic (exact) mass is 302 g/mol. The number of hydrogen-bond acceptors (Lipinski definition) is 1. The summed E-state index contributed by atoms with van der Waals surface area (Å²) in [5.41, 5.74) is 4.09. The molecule has 2 aromatic rings. The van der Waals surface area contributed by atoms with Crippen LogP contribution in [-0.4, -0.2) is 5.78 Å². The second kappa shape index (κ2) is 7.23. The van der Waals surface area contributed by atoms with Gasteiger partial charge in [-0.2, -0.15) is 0 Å². The standard InChI is InChI=1S/C22H22O/c1-2-17-13-20(15-18-9-5-3-6-10-18)22(23)21(14-17)16-19-11-7-4-8-12-19/h3-12,15-17H,2,13-14H2,1H3/b20-15-,21-16+. The number of hydrogen-bond donors (Lipinski definition) is 0. The smallest absolute Gasteiger partial charge is 0.185 e. The van der Waals surface area contributed by atoms with E-state index in [0.29, 0.717) is 5.92 Å². The summed E-state index contributed by atoms with van der Waals surface area (Å²) in [4.78, 5) is 12.9. The maximum atomic E-state index is 12.9. The number of carbonyl (C=O) groups excluding carboxylic acids is 1. The fourth-order valence-electron chi connectivity index (χ4n) is 3.12. The van der Waals surface area contributed by atoms with Crippen molar-refractivity contribution in [2.45, 2.75) is 26.2 Å². The molecule has 0 spiro atoms. The van der Waals surface area contributed by atoms with E-state index < -0.39 is 0 Å². The van der Waals surface area contributed by atoms with Crippen LogP contribution in [0.3, 0.4) is 0 Å². The van der Waals surface area contributed by atoms with Crippen LogP contribution in [0.5, 0.6) is 0 Å². The van der Waals surface area contributed by atoms with E-state index in [1.54, 1.807) is 0 Å². The molecule has 1 fully saturated rings. The second-order valence-corrected chi connectivity index (χ2v) is 6.17. The SMILES string of the molecule is CCC1C/C(=C/c2ccccc2)C(=O)/C(=C/c2ccccc2)C1. The first-order chi connectivity index (χ1) is 11.3. The fourth-order valence-corrected chi connectivity index (χ4v) is 3.12. The van der Waals surface area contributed by atoms with E-state index in [1.807, 2.05) is 36.4 Å². The van der Waals surface area contributed by atoms with Crippen molar-refractivity contribution in [3.63, 3.8) is 0 Å². The van der Waals surface area contributed by atoms with Crippen molar-refractivity contribution < 1.29 is 4.79 Å². The molecule has 23 heavy (non-hydrogen) atoms. The van der Waals surface area contributed by atoms with Crippen molar-refractivity contribution in [1.82, 2.24) is 0 Å². The molecule has 0 saturated heterocycles. The van der Waals surface area contributed by atoms with Crippen LogP contribution >= 0.6 is 0 Å². The van der Waals surface area contributed by atoms with Crippen molar-refractivity contribution in [3.8, 4) is 0 Å². The lowest BCUT2D eigenvalue weighted by Gasteiger charge is -2.24. The lowest BCUT2D eigenvalue weighted by Crippen LogP contribution is -2.19. The molecule has 1 saturated carbocycles. The zero-order valence-corrected chi connectivity index (χ0v) is 13.5. The van der Waals surface area contributed by atoms with Gasteiger partial charge in [-0.25, -0.2) is 0 Å². The molecule has 1 aliphatic rings. The molecule has 1 unspecified atom stereocenters. The topological polar surface area (TPSA) is 17.1 Å². The van der Waals surface area contributed by atoms with Crippen molar-refractivity contribution >= 4 is 17.9 Å². The summed E-state index contributed by atoms with van der Waals surface area (Å²) >= 11 is 0. The summed E-state index contributed by atoms with van der Waals surface area (Å²) in [6, 6.07) is 20.3. The van der Waals surface area contributed by atoms with Crippen LogP contribution < -0.4 is 0 Å². The molecular formula is C22H22O. The first-order valence-electron chi connectivity index (χ1n) is 8.32. The Morgan fingerprint density at radius 2 is 1.26 bits per heavy atom. The summed E-state index contributed by atoms with van der Waals surface area (Å²) in [6.45, 7) is 2.21. The molecule has 1 atom stereocenters. The van der Waals surface area contributed by atoms with Crippen LogP contribution in [0.25, 0.3) is 12.2 Å². The van der Waals surface area contributed by atoms with Gasteiger partial charge in [-0.1, -0.05) is 74.0 Å². The van der Waals surface area contributed by atoms with Crippen LogP contribution in [0.15, 0.2) is 71.8 Å². The third-order valence-corrected chi connectivity index (χ3v) is 4.46. The maximum Gasteiger partial charge on any atom is 0.185 e. The molecule has 0 heterocycles. The van der Waals surface area contributed by atoms with Gasteiger partial charge in [0, 0.05) is 11.1 Å². The summed E-state index contributed by atoms with van der Waals surface area (Å²) in [7, 11) is 0. The molecule has 0 aromatic heterocycles. The summed E-state index contributed by atoms with van der Waals surface area (Å²) in [6.07, 6.45) is 6.99. The number of carbonyl (C=O) groups is 1. The number of benzene rings is 2. The molecule has 1 aliphatic carbocycles. The van der Waals surface area contributed by atoms with Gasteiger partial charge in [0.2, 0.25) is 0 Å². The molecule has 1 heteroatoms. The molecule has 3 rings (SSSR count). The molecule has 0 bridgehead atoms. The summed E-state index contributed by atoms with van der Waals surface area (Å²) in [5.74, 6) is 0.764. The number of ketones is 1. The van der Waals surface area contributed by atoms with Gasteiger partial charge in [-0.15, -0.1) is 0 Å². The van der Waals surface area contributed by atoms with E-state index >= 15 is 0 Å². The van der Waals surface area contributed by atoms with Gasteiger partial charge in [0.15, 0.2) is 5.78 Å². The van der Waals surface area contributed by atoms with Crippen LogP contribution in [0.2, 0.25) is 0 Å². The van der Waals surface area contributed by atoms with Gasteiger partial charge in [0.1, 0.15) is 0 Å². The Kier molecular flexibility index (Phi) is 4.87. The highest BCUT2D eigenvalue weighted by Gasteiger charge is 2.26. The Morgan fingerprint density at radius 1 is 0.826 bits per heavy atom. The van der Waals surface area contributed by atoms with E-state index in [0.717, 1.165) is 41.5 Å². The lowest BCUT2D eigenvalue weighted by atomic mass is 9.79. The van der Waals surface area contributed by atoms with Gasteiger partial charge in [-0.05, 0) is 42.0 Å². The second-order valence-electron chi connectivity index (χ2n) is 6.17. The Balaban J connectivity index is 1.94. The lowest BCUT2D eigenvalue weighted by molar-refractivity contribution is -0.113. The predicted molar refractivity (Wildman–Crippen MR) is 96.9 cm³/mol. The van der Waals surface area contributed by atoms with Crippen molar-refractivity contribution in [2.24, 2.45) is 5.92 Å². The molecule has 0 radical (unpaired) electrons. The molecule has 0 aliphatic heterocycles. The zero-order valence-electron chi connectivity index (χ0n) is 13.5. The van der Waals surface area contributed by atoms with E-state index in [9.17, 15) is 4.79 Å². The van der Waals surface area contributed by atoms with E-state index in [-0.39, 0.29) is 5.78 Å². The minimum absolute atomic E-state index is 0.211. The largest absolute Gasteiger partial charge is 0.289 e. The third-order valence-electron chi connectivity index (χ3n) is 4.46. The molecule has 116 valence electrons. The van der Waals surface area contributed by atoms with Crippen molar-refractivity contribution in [2.75, 3.05) is 0 Å². The van der Waals surface area contributed by atoms with Crippen LogP contribution in [0.4, 0.5) is 0 Å². The van der Waals surface area contributed by atoms with E-state index in [1.165, 1.54) is 0 Å². The Labute approximate surface area is 138 Å². The molecule has 0 amide bonds. The highest BCUT2D eigenvalue weighted by Crippen LogP contribution is 2.34. The van der Waals surface area contributed by atoms with Crippen molar-refractivity contribution in [1.29, 1.82) is 0 Å². The predicted octanol–water partition coefficient (Wildman–Crippen LogP) is 5.54. The highest BCUT2D eigenvalue weighted by atomic mass is 16.1. The quantitative estimate of drug-likeness (QED) is 0.680. The first kappa shape index (κ1) is 15.5. The zero-order chi connectivity index (χ0) is 16.1. The number of rotatable bonds is 3. The van der Waals surface area contributed by atoms with Gasteiger partial charge in [0.05, 0.1) is 0 Å². The van der Waals surface area contributed by atoms with Gasteiger partial charge in [0.25, 0.3) is 0 Å².